The topological polar surface area (TPSA) is 101 Å². The maximum atomic E-state index is 12.7. The molecule has 0 bridgehead atoms. The molecular weight excluding hydrogens is 457 g/mol. The summed E-state index contributed by atoms with van der Waals surface area (Å²) in [5.74, 6) is -1.38. The van der Waals surface area contributed by atoms with Crippen molar-refractivity contribution < 1.29 is 14.4 Å². The molecular formula is C20H22IN3O3. The number of nitrogens with one attached hydrogen (secondary N) is 2. The summed E-state index contributed by atoms with van der Waals surface area (Å²) in [5, 5.41) is 5.31. The first kappa shape index (κ1) is 20.9. The van der Waals surface area contributed by atoms with Gasteiger partial charge in [-0.2, -0.15) is 0 Å². The van der Waals surface area contributed by atoms with Gasteiger partial charge in [0.2, 0.25) is 17.7 Å². The van der Waals surface area contributed by atoms with E-state index >= 15 is 0 Å². The molecule has 0 radical (unpaired) electrons. The highest BCUT2D eigenvalue weighted by molar-refractivity contribution is 14.1. The number of rotatable bonds is 8. The normalized spacial score (nSPS) is 12.7. The zero-order valence-electron chi connectivity index (χ0n) is 14.9. The molecule has 0 saturated heterocycles. The van der Waals surface area contributed by atoms with Gasteiger partial charge in [0.05, 0.1) is 0 Å². The molecule has 4 N–H and O–H groups in total. The molecule has 0 fully saturated rings. The number of amides is 3. The molecule has 2 aromatic rings. The maximum absolute atomic E-state index is 12.7. The Kier molecular flexibility index (Phi) is 7.78. The molecule has 2 aromatic carbocycles. The molecule has 2 atom stereocenters. The van der Waals surface area contributed by atoms with Crippen molar-refractivity contribution in [3.63, 3.8) is 0 Å². The second kappa shape index (κ2) is 10.1. The van der Waals surface area contributed by atoms with Gasteiger partial charge in [-0.25, -0.2) is 0 Å². The van der Waals surface area contributed by atoms with Crippen LogP contribution in [0, 0.1) is 3.57 Å². The predicted octanol–water partition coefficient (Wildman–Crippen LogP) is 1.55. The van der Waals surface area contributed by atoms with Crippen LogP contribution >= 0.6 is 22.6 Å². The fourth-order valence-electron chi connectivity index (χ4n) is 2.66. The zero-order chi connectivity index (χ0) is 19.8. The SMILES string of the molecule is CC(=O)N[C@@H](Cc1ccccc1)C(=O)N[C@@H](Cc1ccc(I)cc1)C(N)=O. The lowest BCUT2D eigenvalue weighted by molar-refractivity contribution is -0.130. The Labute approximate surface area is 172 Å². The molecule has 6 nitrogen and oxygen atoms in total. The maximum Gasteiger partial charge on any atom is 0.243 e. The van der Waals surface area contributed by atoms with E-state index in [1.807, 2.05) is 54.6 Å². The fraction of sp³-hybridized carbons (Fsp3) is 0.250. The summed E-state index contributed by atoms with van der Waals surface area (Å²) < 4.78 is 1.07. The fourth-order valence-corrected chi connectivity index (χ4v) is 3.02. The Hall–Kier alpha value is -2.42. The Morgan fingerprint density at radius 1 is 0.889 bits per heavy atom. The van der Waals surface area contributed by atoms with Gasteiger partial charge in [0.1, 0.15) is 12.1 Å². The van der Waals surface area contributed by atoms with Crippen LogP contribution in [0.1, 0.15) is 18.1 Å². The molecule has 0 aliphatic rings. The van der Waals surface area contributed by atoms with E-state index in [0.717, 1.165) is 14.7 Å². The third-order valence-corrected chi connectivity index (χ3v) is 4.71. The first-order valence-electron chi connectivity index (χ1n) is 8.50. The lowest BCUT2D eigenvalue weighted by Crippen LogP contribution is -2.54. The number of hydrogen-bond acceptors (Lipinski definition) is 3. The van der Waals surface area contributed by atoms with Gasteiger partial charge in [0.15, 0.2) is 0 Å². The van der Waals surface area contributed by atoms with Crippen molar-refractivity contribution in [2.75, 3.05) is 0 Å². The predicted molar refractivity (Wildman–Crippen MR) is 112 cm³/mol. The van der Waals surface area contributed by atoms with Gasteiger partial charge in [0.25, 0.3) is 0 Å². The summed E-state index contributed by atoms with van der Waals surface area (Å²) in [5.41, 5.74) is 7.26. The quantitative estimate of drug-likeness (QED) is 0.501. The van der Waals surface area contributed by atoms with Crippen molar-refractivity contribution in [2.24, 2.45) is 5.73 Å². The molecule has 7 heteroatoms. The van der Waals surface area contributed by atoms with Crippen LogP contribution in [-0.2, 0) is 27.2 Å². The van der Waals surface area contributed by atoms with Crippen LogP contribution in [0.4, 0.5) is 0 Å². The number of halogens is 1. The van der Waals surface area contributed by atoms with E-state index in [-0.39, 0.29) is 12.3 Å². The molecule has 0 spiro atoms. The minimum atomic E-state index is -0.857. The number of benzene rings is 2. The van der Waals surface area contributed by atoms with Gasteiger partial charge in [0, 0.05) is 23.3 Å². The van der Waals surface area contributed by atoms with E-state index in [4.69, 9.17) is 5.73 Å². The van der Waals surface area contributed by atoms with E-state index in [1.54, 1.807) is 0 Å². The first-order valence-corrected chi connectivity index (χ1v) is 9.58. The van der Waals surface area contributed by atoms with Crippen molar-refractivity contribution >= 4 is 40.3 Å². The number of nitrogens with two attached hydrogens (primary N) is 1. The van der Waals surface area contributed by atoms with Gasteiger partial charge >= 0.3 is 0 Å². The second-order valence-corrected chi connectivity index (χ2v) is 7.48. The van der Waals surface area contributed by atoms with Crippen LogP contribution in [-0.4, -0.2) is 29.8 Å². The molecule has 0 aliphatic heterocycles. The van der Waals surface area contributed by atoms with Gasteiger partial charge in [-0.3, -0.25) is 14.4 Å². The monoisotopic (exact) mass is 479 g/mol. The average Bonchev–Trinajstić information content (AvgIpc) is 2.62. The summed E-state index contributed by atoms with van der Waals surface area (Å²) in [6.45, 7) is 1.35. The minimum Gasteiger partial charge on any atom is -0.368 e. The molecule has 0 saturated carbocycles. The lowest BCUT2D eigenvalue weighted by atomic mass is 10.0. The molecule has 3 amide bonds. The molecule has 0 aliphatic carbocycles. The smallest absolute Gasteiger partial charge is 0.243 e. The van der Waals surface area contributed by atoms with Crippen molar-refractivity contribution in [2.45, 2.75) is 31.8 Å². The molecule has 27 heavy (non-hydrogen) atoms. The highest BCUT2D eigenvalue weighted by atomic mass is 127. The van der Waals surface area contributed by atoms with E-state index in [0.29, 0.717) is 6.42 Å². The van der Waals surface area contributed by atoms with Crippen LogP contribution in [0.3, 0.4) is 0 Å². The van der Waals surface area contributed by atoms with E-state index < -0.39 is 23.9 Å². The standard InChI is InChI=1S/C20H22IN3O3/c1-13(25)23-18(12-14-5-3-2-4-6-14)20(27)24-17(19(22)26)11-15-7-9-16(21)10-8-15/h2-10,17-18H,11-12H2,1H3,(H2,22,26)(H,23,25)(H,24,27)/t17-,18-/m0/s1. The summed E-state index contributed by atoms with van der Waals surface area (Å²) in [6.07, 6.45) is 0.609. The molecule has 0 aromatic heterocycles. The van der Waals surface area contributed by atoms with Crippen molar-refractivity contribution in [1.82, 2.24) is 10.6 Å². The van der Waals surface area contributed by atoms with Crippen molar-refractivity contribution in [1.29, 1.82) is 0 Å². The minimum absolute atomic E-state index is 0.288. The molecule has 0 heterocycles. The lowest BCUT2D eigenvalue weighted by Gasteiger charge is -2.22. The summed E-state index contributed by atoms with van der Waals surface area (Å²) in [7, 11) is 0. The number of carbonyl (C=O) groups is 3. The van der Waals surface area contributed by atoms with Crippen LogP contribution in [0.5, 0.6) is 0 Å². The molecule has 0 unspecified atom stereocenters. The van der Waals surface area contributed by atoms with Crippen LogP contribution in [0.2, 0.25) is 0 Å². The van der Waals surface area contributed by atoms with Gasteiger partial charge in [-0.1, -0.05) is 42.5 Å². The molecule has 2 rings (SSSR count). The third kappa shape index (κ3) is 7.01. The van der Waals surface area contributed by atoms with E-state index in [1.165, 1.54) is 6.92 Å². The largest absolute Gasteiger partial charge is 0.368 e. The Balaban J connectivity index is 2.10. The highest BCUT2D eigenvalue weighted by Crippen LogP contribution is 2.10. The highest BCUT2D eigenvalue weighted by Gasteiger charge is 2.25. The zero-order valence-corrected chi connectivity index (χ0v) is 17.1. The van der Waals surface area contributed by atoms with Crippen LogP contribution < -0.4 is 16.4 Å². The second-order valence-electron chi connectivity index (χ2n) is 6.24. The van der Waals surface area contributed by atoms with Crippen LogP contribution in [0.15, 0.2) is 54.6 Å². The summed E-state index contributed by atoms with van der Waals surface area (Å²) in [6, 6.07) is 15.3. The average molecular weight is 479 g/mol. The molecule has 142 valence electrons. The third-order valence-electron chi connectivity index (χ3n) is 3.99. The summed E-state index contributed by atoms with van der Waals surface area (Å²) in [4.78, 5) is 36.0. The van der Waals surface area contributed by atoms with Crippen molar-refractivity contribution in [3.8, 4) is 0 Å². The van der Waals surface area contributed by atoms with Crippen molar-refractivity contribution in [3.05, 3.63) is 69.3 Å². The van der Waals surface area contributed by atoms with Crippen LogP contribution in [0.25, 0.3) is 0 Å². The Morgan fingerprint density at radius 2 is 1.44 bits per heavy atom. The number of carbonyl (C=O) groups excluding carboxylic acids is 3. The van der Waals surface area contributed by atoms with Gasteiger partial charge < -0.3 is 16.4 Å². The van der Waals surface area contributed by atoms with Gasteiger partial charge in [-0.15, -0.1) is 0 Å². The Morgan fingerprint density at radius 3 is 2.00 bits per heavy atom. The van der Waals surface area contributed by atoms with E-state index in [9.17, 15) is 14.4 Å². The number of hydrogen-bond donors (Lipinski definition) is 3. The Bertz CT molecular complexity index is 794. The summed E-state index contributed by atoms with van der Waals surface area (Å²) >= 11 is 2.19. The van der Waals surface area contributed by atoms with Gasteiger partial charge in [-0.05, 0) is 45.9 Å². The van der Waals surface area contributed by atoms with E-state index in [2.05, 4.69) is 33.2 Å². The first-order chi connectivity index (χ1) is 12.8. The number of primary amides is 1.